The molecule has 2 aromatic carbocycles. The zero-order valence-electron chi connectivity index (χ0n) is 26.3. The maximum atomic E-state index is 16.9. The molecule has 2 unspecified atom stereocenters. The second-order valence-electron chi connectivity index (χ2n) is 12.3. The molecule has 4 heterocycles. The molecule has 2 N–H and O–H groups in total. The number of hydrogen-bond acceptors (Lipinski definition) is 8. The number of aromatic nitrogens is 4. The van der Waals surface area contributed by atoms with Crippen LogP contribution in [-0.4, -0.2) is 66.5 Å². The number of nitrogens with one attached hydrogen (secondary N) is 1. The van der Waals surface area contributed by atoms with E-state index in [4.69, 9.17) is 11.6 Å². The van der Waals surface area contributed by atoms with E-state index in [0.717, 1.165) is 12.1 Å². The predicted octanol–water partition coefficient (Wildman–Crippen LogP) is 5.27. The first kappa shape index (κ1) is 32.0. The average molecular weight is 664 g/mol. The average Bonchev–Trinajstić information content (AvgIpc) is 3.14. The van der Waals surface area contributed by atoms with Gasteiger partial charge in [0, 0.05) is 18.2 Å². The van der Waals surface area contributed by atoms with E-state index >= 15 is 8.78 Å². The largest absolute Gasteiger partial charge is 0.507 e. The molecule has 4 aromatic rings. The van der Waals surface area contributed by atoms with Gasteiger partial charge in [-0.1, -0.05) is 51.9 Å². The van der Waals surface area contributed by atoms with Gasteiger partial charge in [-0.25, -0.2) is 23.5 Å². The number of piperazine rings is 1. The van der Waals surface area contributed by atoms with Crippen LogP contribution < -0.4 is 15.9 Å². The molecule has 2 aliphatic heterocycles. The highest BCUT2D eigenvalue weighted by Gasteiger charge is 2.44. The highest BCUT2D eigenvalue weighted by Crippen LogP contribution is 2.49. The Morgan fingerprint density at radius 1 is 1.11 bits per heavy atom. The van der Waals surface area contributed by atoms with Crippen LogP contribution in [0.5, 0.6) is 5.75 Å². The maximum absolute atomic E-state index is 16.9. The van der Waals surface area contributed by atoms with Crippen LogP contribution in [0, 0.1) is 11.6 Å². The number of hydrogen-bond donors (Lipinski definition) is 2. The lowest BCUT2D eigenvalue weighted by atomic mass is 9.97. The fourth-order valence-electron chi connectivity index (χ4n) is 6.54. The monoisotopic (exact) mass is 663 g/mol. The Bertz CT molecular complexity index is 2020. The van der Waals surface area contributed by atoms with Crippen LogP contribution in [0.1, 0.15) is 57.8 Å². The first-order chi connectivity index (χ1) is 22.3. The van der Waals surface area contributed by atoms with Crippen molar-refractivity contribution in [2.24, 2.45) is 0 Å². The number of benzene rings is 2. The van der Waals surface area contributed by atoms with E-state index in [-0.39, 0.29) is 47.3 Å². The van der Waals surface area contributed by atoms with E-state index in [1.807, 2.05) is 27.7 Å². The fraction of sp³-hybridized carbons (Fsp3) is 0.333. The zero-order valence-corrected chi connectivity index (χ0v) is 27.1. The summed E-state index contributed by atoms with van der Waals surface area (Å²) >= 11 is 7.08. The summed E-state index contributed by atoms with van der Waals surface area (Å²) in [5.41, 5.74) is -1.25. The number of carbonyl (C=O) groups is 2. The minimum atomic E-state index is -1.14. The van der Waals surface area contributed by atoms with Crippen LogP contribution >= 0.6 is 11.6 Å². The van der Waals surface area contributed by atoms with Crippen molar-refractivity contribution in [2.45, 2.75) is 58.5 Å². The summed E-state index contributed by atoms with van der Waals surface area (Å²) < 4.78 is 33.6. The van der Waals surface area contributed by atoms with Crippen LogP contribution in [0.2, 0.25) is 5.02 Å². The van der Waals surface area contributed by atoms with Gasteiger partial charge < -0.3 is 20.2 Å². The minimum absolute atomic E-state index is 0.0221. The molecule has 0 bridgehead atoms. The normalized spacial score (nSPS) is 17.6. The van der Waals surface area contributed by atoms with Gasteiger partial charge in [0.05, 0.1) is 50.8 Å². The first-order valence-electron chi connectivity index (χ1n) is 15.1. The third-order valence-electron chi connectivity index (χ3n) is 8.60. The molecular weight excluding hydrogens is 632 g/mol. The zero-order chi connectivity index (χ0) is 34.1. The standard InChI is InChI=1S/C33H32ClF2N7O4/c1-7-20(45)41-11-16(6)42-18(12-41)32(46)39-28-23-29(24(34)22(25(28)36)21-17(35)9-8-10-19(21)44)43(33(47)40-31(23)42)30-26(14(2)3)37-13-38-27(30)15(4)5/h7-10,13-16,18,44H,1,11-12H2,2-6H3,(H,39,46). The molecule has 0 saturated carbocycles. The third-order valence-corrected chi connectivity index (χ3v) is 8.97. The number of phenols is 1. The van der Waals surface area contributed by atoms with Crippen LogP contribution in [0.3, 0.4) is 0 Å². The second kappa shape index (κ2) is 11.7. The maximum Gasteiger partial charge on any atom is 0.354 e. The van der Waals surface area contributed by atoms with Gasteiger partial charge in [0.25, 0.3) is 0 Å². The summed E-state index contributed by atoms with van der Waals surface area (Å²) in [5, 5.41) is 13.0. The molecule has 2 atom stereocenters. The number of fused-ring (bicyclic) bond motifs is 2. The van der Waals surface area contributed by atoms with Crippen molar-refractivity contribution in [3.63, 3.8) is 0 Å². The molecule has 244 valence electrons. The van der Waals surface area contributed by atoms with Gasteiger partial charge >= 0.3 is 5.69 Å². The number of amides is 2. The molecule has 14 heteroatoms. The molecule has 47 heavy (non-hydrogen) atoms. The van der Waals surface area contributed by atoms with Gasteiger partial charge in [-0.2, -0.15) is 4.98 Å². The molecule has 6 rings (SSSR count). The number of anilines is 2. The molecule has 2 amide bonds. The highest BCUT2D eigenvalue weighted by atomic mass is 35.5. The van der Waals surface area contributed by atoms with Gasteiger partial charge in [-0.15, -0.1) is 0 Å². The molecule has 2 aromatic heterocycles. The van der Waals surface area contributed by atoms with E-state index in [1.165, 1.54) is 27.9 Å². The molecule has 2 aliphatic rings. The minimum Gasteiger partial charge on any atom is -0.507 e. The third kappa shape index (κ3) is 4.91. The SMILES string of the molecule is C=CC(=O)N1CC(C)N2c3nc(=O)n(-c4c(C(C)C)ncnc4C(C)C)c4c(Cl)c(-c5c(O)cccc5F)c(F)c(c34)NC(=O)C2C1. The molecular formula is C33H32ClF2N7O4. The van der Waals surface area contributed by atoms with Gasteiger partial charge in [0.1, 0.15) is 29.8 Å². The van der Waals surface area contributed by atoms with Crippen LogP contribution in [0.4, 0.5) is 20.3 Å². The van der Waals surface area contributed by atoms with Crippen LogP contribution in [0.25, 0.3) is 27.7 Å². The van der Waals surface area contributed by atoms with Crippen molar-refractivity contribution in [1.29, 1.82) is 0 Å². The molecule has 11 nitrogen and oxygen atoms in total. The van der Waals surface area contributed by atoms with Gasteiger partial charge in [-0.3, -0.25) is 14.2 Å². The van der Waals surface area contributed by atoms with E-state index in [1.54, 1.807) is 11.8 Å². The smallest absolute Gasteiger partial charge is 0.354 e. The lowest BCUT2D eigenvalue weighted by molar-refractivity contribution is -0.128. The second-order valence-corrected chi connectivity index (χ2v) is 12.7. The summed E-state index contributed by atoms with van der Waals surface area (Å²) in [6.07, 6.45) is 2.53. The number of aromatic hydroxyl groups is 1. The summed E-state index contributed by atoms with van der Waals surface area (Å²) in [6.45, 7) is 12.8. The Morgan fingerprint density at radius 2 is 1.77 bits per heavy atom. The summed E-state index contributed by atoms with van der Waals surface area (Å²) in [4.78, 5) is 57.4. The number of nitrogens with zero attached hydrogens (tertiary/aromatic N) is 6. The predicted molar refractivity (Wildman–Crippen MR) is 174 cm³/mol. The van der Waals surface area contributed by atoms with E-state index in [2.05, 4.69) is 26.8 Å². The summed E-state index contributed by atoms with van der Waals surface area (Å²) in [6, 6.07) is 1.78. The fourth-order valence-corrected chi connectivity index (χ4v) is 6.89. The number of phenolic OH excluding ortho intramolecular Hbond substituents is 1. The Morgan fingerprint density at radius 3 is 2.36 bits per heavy atom. The van der Waals surface area contributed by atoms with Crippen LogP contribution in [0.15, 0.2) is 42.0 Å². The molecule has 0 aliphatic carbocycles. The van der Waals surface area contributed by atoms with Crippen molar-refractivity contribution >= 4 is 45.8 Å². The van der Waals surface area contributed by atoms with Gasteiger partial charge in [-0.05, 0) is 37.0 Å². The topological polar surface area (TPSA) is 134 Å². The van der Waals surface area contributed by atoms with Crippen molar-refractivity contribution < 1.29 is 23.5 Å². The first-order valence-corrected chi connectivity index (χ1v) is 15.5. The van der Waals surface area contributed by atoms with Crippen molar-refractivity contribution in [3.05, 3.63) is 75.7 Å². The molecule has 0 spiro atoms. The highest BCUT2D eigenvalue weighted by molar-refractivity contribution is 6.39. The van der Waals surface area contributed by atoms with E-state index in [0.29, 0.717) is 11.4 Å². The Balaban J connectivity index is 1.83. The Hall–Kier alpha value is -4.91. The number of halogens is 3. The lowest BCUT2D eigenvalue weighted by Gasteiger charge is -2.44. The van der Waals surface area contributed by atoms with Gasteiger partial charge in [0.15, 0.2) is 5.82 Å². The number of rotatable bonds is 5. The van der Waals surface area contributed by atoms with E-state index in [9.17, 15) is 19.5 Å². The Kier molecular flexibility index (Phi) is 7.99. The molecule has 1 fully saturated rings. The summed E-state index contributed by atoms with van der Waals surface area (Å²) in [7, 11) is 0. The van der Waals surface area contributed by atoms with Crippen molar-refractivity contribution in [3.8, 4) is 22.6 Å². The number of carbonyl (C=O) groups excluding carboxylic acids is 2. The summed E-state index contributed by atoms with van der Waals surface area (Å²) in [5.74, 6) is -4.34. The lowest BCUT2D eigenvalue weighted by Crippen LogP contribution is -2.62. The van der Waals surface area contributed by atoms with Crippen LogP contribution in [-0.2, 0) is 9.59 Å². The van der Waals surface area contributed by atoms with E-state index < -0.39 is 68.8 Å². The van der Waals surface area contributed by atoms with Gasteiger partial charge in [0.2, 0.25) is 11.8 Å². The molecule has 1 saturated heterocycles. The van der Waals surface area contributed by atoms with Crippen molar-refractivity contribution in [2.75, 3.05) is 23.3 Å². The Labute approximate surface area is 273 Å². The van der Waals surface area contributed by atoms with Crippen molar-refractivity contribution in [1.82, 2.24) is 24.4 Å². The molecule has 0 radical (unpaired) electrons. The quantitative estimate of drug-likeness (QED) is 0.276.